The monoisotopic (exact) mass is 246 g/mol. The maximum atomic E-state index is 5.65. The Morgan fingerprint density at radius 3 is 3.11 bits per heavy atom. The molecule has 2 aliphatic heterocycles. The maximum absolute atomic E-state index is 5.65. The summed E-state index contributed by atoms with van der Waals surface area (Å²) in [5.74, 6) is 0. The molecule has 0 radical (unpaired) electrons. The first-order valence-corrected chi connectivity index (χ1v) is 6.91. The molecule has 3 nitrogen and oxygen atoms in total. The van der Waals surface area contributed by atoms with Gasteiger partial charge in [0.25, 0.3) is 0 Å². The lowest BCUT2D eigenvalue weighted by molar-refractivity contribution is 0.0814. The average molecular weight is 246 g/mol. The van der Waals surface area contributed by atoms with Gasteiger partial charge in [0.2, 0.25) is 0 Å². The first-order chi connectivity index (χ1) is 8.74. The number of hydrogen-bond acceptors (Lipinski definition) is 3. The van der Waals surface area contributed by atoms with Gasteiger partial charge in [-0.15, -0.1) is 0 Å². The van der Waals surface area contributed by atoms with Crippen LogP contribution in [-0.4, -0.2) is 37.2 Å². The molecular formula is C15H22N2O. The van der Waals surface area contributed by atoms with E-state index >= 15 is 0 Å². The summed E-state index contributed by atoms with van der Waals surface area (Å²) in [5.41, 5.74) is 4.20. The van der Waals surface area contributed by atoms with E-state index in [-0.39, 0.29) is 0 Å². The van der Waals surface area contributed by atoms with E-state index in [0.717, 1.165) is 32.5 Å². The summed E-state index contributed by atoms with van der Waals surface area (Å²) in [5, 5.41) is 3.41. The van der Waals surface area contributed by atoms with Gasteiger partial charge in [-0.25, -0.2) is 0 Å². The van der Waals surface area contributed by atoms with E-state index in [4.69, 9.17) is 4.74 Å². The SMILES string of the molecule is CC1OCCC1N(C)Cc1ccc2c(c1)CCN2. The predicted octanol–water partition coefficient (Wildman–Crippen LogP) is 2.26. The molecule has 2 aliphatic rings. The van der Waals surface area contributed by atoms with Crippen molar-refractivity contribution in [2.24, 2.45) is 0 Å². The zero-order chi connectivity index (χ0) is 12.5. The molecule has 2 heterocycles. The minimum Gasteiger partial charge on any atom is -0.384 e. The Bertz CT molecular complexity index is 433. The van der Waals surface area contributed by atoms with E-state index in [9.17, 15) is 0 Å². The Kier molecular flexibility index (Phi) is 3.27. The van der Waals surface area contributed by atoms with Gasteiger partial charge in [0.05, 0.1) is 6.10 Å². The third-order valence-electron chi connectivity index (χ3n) is 4.21. The van der Waals surface area contributed by atoms with Gasteiger partial charge in [-0.3, -0.25) is 4.90 Å². The van der Waals surface area contributed by atoms with E-state index in [1.807, 2.05) is 0 Å². The first-order valence-electron chi connectivity index (χ1n) is 6.91. The molecule has 2 atom stereocenters. The number of likely N-dealkylation sites (N-methyl/N-ethyl adjacent to an activating group) is 1. The van der Waals surface area contributed by atoms with E-state index in [0.29, 0.717) is 12.1 Å². The van der Waals surface area contributed by atoms with Crippen molar-refractivity contribution in [2.45, 2.75) is 38.5 Å². The summed E-state index contributed by atoms with van der Waals surface area (Å²) in [6.45, 7) is 5.19. The lowest BCUT2D eigenvalue weighted by Gasteiger charge is -2.26. The molecule has 1 fully saturated rings. The van der Waals surface area contributed by atoms with Crippen LogP contribution in [0, 0.1) is 0 Å². The number of nitrogens with one attached hydrogen (secondary N) is 1. The van der Waals surface area contributed by atoms with Gasteiger partial charge in [-0.1, -0.05) is 12.1 Å². The highest BCUT2D eigenvalue weighted by atomic mass is 16.5. The molecule has 0 aromatic heterocycles. The van der Waals surface area contributed by atoms with Gasteiger partial charge in [0, 0.05) is 31.4 Å². The van der Waals surface area contributed by atoms with Crippen LogP contribution in [-0.2, 0) is 17.7 Å². The molecule has 3 rings (SSSR count). The lowest BCUT2D eigenvalue weighted by Crippen LogP contribution is -2.36. The topological polar surface area (TPSA) is 24.5 Å². The quantitative estimate of drug-likeness (QED) is 0.885. The standard InChI is InChI=1S/C15H22N2O/c1-11-15(6-8-18-11)17(2)10-12-3-4-14-13(9-12)5-7-16-14/h3-4,9,11,15-16H,5-8,10H2,1-2H3. The fraction of sp³-hybridized carbons (Fsp3) is 0.600. The highest BCUT2D eigenvalue weighted by molar-refractivity contribution is 5.56. The summed E-state index contributed by atoms with van der Waals surface area (Å²) >= 11 is 0. The van der Waals surface area contributed by atoms with E-state index in [2.05, 4.69) is 42.4 Å². The Morgan fingerprint density at radius 2 is 2.33 bits per heavy atom. The molecule has 3 heteroatoms. The molecule has 0 aliphatic carbocycles. The van der Waals surface area contributed by atoms with Crippen molar-refractivity contribution in [1.29, 1.82) is 0 Å². The van der Waals surface area contributed by atoms with Crippen molar-refractivity contribution >= 4 is 5.69 Å². The van der Waals surface area contributed by atoms with Crippen LogP contribution >= 0.6 is 0 Å². The van der Waals surface area contributed by atoms with Gasteiger partial charge < -0.3 is 10.1 Å². The van der Waals surface area contributed by atoms with Crippen molar-refractivity contribution in [3.63, 3.8) is 0 Å². The fourth-order valence-corrected chi connectivity index (χ4v) is 3.16. The van der Waals surface area contributed by atoms with Gasteiger partial charge >= 0.3 is 0 Å². The number of benzene rings is 1. The summed E-state index contributed by atoms with van der Waals surface area (Å²) in [6.07, 6.45) is 2.69. The number of hydrogen-bond donors (Lipinski definition) is 1. The highest BCUT2D eigenvalue weighted by Crippen LogP contribution is 2.25. The smallest absolute Gasteiger partial charge is 0.0703 e. The van der Waals surface area contributed by atoms with Crippen LogP contribution in [0.5, 0.6) is 0 Å². The zero-order valence-corrected chi connectivity index (χ0v) is 11.3. The van der Waals surface area contributed by atoms with Crippen molar-refractivity contribution in [1.82, 2.24) is 4.90 Å². The molecule has 0 bridgehead atoms. The minimum absolute atomic E-state index is 0.367. The molecule has 0 spiro atoms. The highest BCUT2D eigenvalue weighted by Gasteiger charge is 2.27. The number of fused-ring (bicyclic) bond motifs is 1. The normalized spacial score (nSPS) is 26.4. The average Bonchev–Trinajstić information content (AvgIpc) is 2.96. The second-order valence-corrected chi connectivity index (χ2v) is 5.52. The van der Waals surface area contributed by atoms with Crippen LogP contribution < -0.4 is 5.32 Å². The Morgan fingerprint density at radius 1 is 1.44 bits per heavy atom. The van der Waals surface area contributed by atoms with Crippen LogP contribution in [0.15, 0.2) is 18.2 Å². The maximum Gasteiger partial charge on any atom is 0.0703 e. The molecular weight excluding hydrogens is 224 g/mol. The van der Waals surface area contributed by atoms with Gasteiger partial charge in [-0.2, -0.15) is 0 Å². The second kappa shape index (κ2) is 4.90. The third kappa shape index (κ3) is 2.25. The predicted molar refractivity (Wildman–Crippen MR) is 73.9 cm³/mol. The third-order valence-corrected chi connectivity index (χ3v) is 4.21. The van der Waals surface area contributed by atoms with Crippen LogP contribution in [0.2, 0.25) is 0 Å². The first kappa shape index (κ1) is 12.0. The van der Waals surface area contributed by atoms with Crippen molar-refractivity contribution in [2.75, 3.05) is 25.5 Å². The number of ether oxygens (including phenoxy) is 1. The molecule has 1 aromatic carbocycles. The zero-order valence-electron chi connectivity index (χ0n) is 11.3. The lowest BCUT2D eigenvalue weighted by atomic mass is 10.1. The fourth-order valence-electron chi connectivity index (χ4n) is 3.16. The molecule has 0 amide bonds. The summed E-state index contributed by atoms with van der Waals surface area (Å²) in [4.78, 5) is 2.43. The van der Waals surface area contributed by atoms with Crippen molar-refractivity contribution < 1.29 is 4.74 Å². The van der Waals surface area contributed by atoms with E-state index in [1.54, 1.807) is 0 Å². The molecule has 1 aromatic rings. The Labute approximate surface area is 109 Å². The number of nitrogens with zero attached hydrogens (tertiary/aromatic N) is 1. The van der Waals surface area contributed by atoms with Gasteiger partial charge in [0.15, 0.2) is 0 Å². The van der Waals surface area contributed by atoms with Gasteiger partial charge in [0.1, 0.15) is 0 Å². The van der Waals surface area contributed by atoms with Crippen LogP contribution in [0.1, 0.15) is 24.5 Å². The van der Waals surface area contributed by atoms with Crippen molar-refractivity contribution in [3.05, 3.63) is 29.3 Å². The summed E-state index contributed by atoms with van der Waals surface area (Å²) in [6, 6.07) is 7.39. The largest absolute Gasteiger partial charge is 0.384 e. The molecule has 0 saturated carbocycles. The molecule has 18 heavy (non-hydrogen) atoms. The summed E-state index contributed by atoms with van der Waals surface area (Å²) in [7, 11) is 2.21. The van der Waals surface area contributed by atoms with Crippen molar-refractivity contribution in [3.8, 4) is 0 Å². The number of rotatable bonds is 3. The van der Waals surface area contributed by atoms with Crippen LogP contribution in [0.25, 0.3) is 0 Å². The number of anilines is 1. The van der Waals surface area contributed by atoms with E-state index in [1.165, 1.54) is 16.8 Å². The van der Waals surface area contributed by atoms with E-state index < -0.39 is 0 Å². The molecule has 1 N–H and O–H groups in total. The Hall–Kier alpha value is -1.06. The second-order valence-electron chi connectivity index (χ2n) is 5.52. The van der Waals surface area contributed by atoms with Crippen LogP contribution in [0.3, 0.4) is 0 Å². The molecule has 2 unspecified atom stereocenters. The van der Waals surface area contributed by atoms with Gasteiger partial charge in [-0.05, 0) is 44.0 Å². The Balaban J connectivity index is 1.68. The molecule has 98 valence electrons. The van der Waals surface area contributed by atoms with Crippen LogP contribution in [0.4, 0.5) is 5.69 Å². The minimum atomic E-state index is 0.367. The molecule has 1 saturated heterocycles. The summed E-state index contributed by atoms with van der Waals surface area (Å²) < 4.78 is 5.65.